The van der Waals surface area contributed by atoms with E-state index in [0.29, 0.717) is 6.04 Å². The molecule has 0 saturated carbocycles. The Balaban J connectivity index is 2.02. The molecule has 2 aromatic rings. The highest BCUT2D eigenvalue weighted by Gasteiger charge is 2.24. The highest BCUT2D eigenvalue weighted by molar-refractivity contribution is 9.10. The third kappa shape index (κ3) is 2.27. The predicted octanol–water partition coefficient (Wildman–Crippen LogP) is 4.88. The van der Waals surface area contributed by atoms with Gasteiger partial charge >= 0.3 is 0 Å². The first-order valence-electron chi connectivity index (χ1n) is 5.81. The van der Waals surface area contributed by atoms with Crippen molar-refractivity contribution in [3.8, 4) is 9.88 Å². The van der Waals surface area contributed by atoms with Crippen LogP contribution in [0.3, 0.4) is 0 Å². The second-order valence-electron chi connectivity index (χ2n) is 4.29. The van der Waals surface area contributed by atoms with Crippen molar-refractivity contribution in [2.75, 3.05) is 7.05 Å². The molecule has 2 heterocycles. The smallest absolute Gasteiger partial charge is 0.134 e. The fraction of sp³-hybridized carbons (Fsp3) is 0.417. The van der Waals surface area contributed by atoms with Crippen molar-refractivity contribution < 1.29 is 0 Å². The summed E-state index contributed by atoms with van der Waals surface area (Å²) in [6, 6.07) is 2.48. The van der Waals surface area contributed by atoms with Gasteiger partial charge in [0, 0.05) is 9.35 Å². The molecule has 2 aromatic heterocycles. The molecule has 0 fully saturated rings. The Morgan fingerprint density at radius 1 is 1.50 bits per heavy atom. The molecule has 0 bridgehead atoms. The number of nitrogens with one attached hydrogen (secondary N) is 1. The van der Waals surface area contributed by atoms with Crippen LogP contribution in [0.1, 0.15) is 29.5 Å². The number of aromatic nitrogens is 1. The minimum absolute atomic E-state index is 0.414. The van der Waals surface area contributed by atoms with Gasteiger partial charge in [0.15, 0.2) is 0 Å². The van der Waals surface area contributed by atoms with Gasteiger partial charge in [-0.25, -0.2) is 4.98 Å². The van der Waals surface area contributed by atoms with Crippen molar-refractivity contribution in [3.63, 3.8) is 0 Å². The number of aryl methyl sites for hydroxylation is 1. The van der Waals surface area contributed by atoms with Gasteiger partial charge in [-0.2, -0.15) is 0 Å². The lowest BCUT2D eigenvalue weighted by molar-refractivity contribution is 0.490. The molecule has 0 amide bonds. The van der Waals surface area contributed by atoms with Crippen LogP contribution < -0.4 is 5.32 Å². The molecule has 18 heavy (non-hydrogen) atoms. The molecule has 0 radical (unpaired) electrons. The van der Waals surface area contributed by atoms with Crippen LogP contribution in [0.2, 0.25) is 4.34 Å². The van der Waals surface area contributed by atoms with Gasteiger partial charge in [-0.05, 0) is 48.3 Å². The molecule has 96 valence electrons. The summed E-state index contributed by atoms with van der Waals surface area (Å²) >= 11 is 12.9. The second-order valence-corrected chi connectivity index (χ2v) is 7.89. The summed E-state index contributed by atoms with van der Waals surface area (Å²) in [5.74, 6) is 0. The van der Waals surface area contributed by atoms with Crippen LogP contribution in [0, 0.1) is 0 Å². The van der Waals surface area contributed by atoms with E-state index in [1.54, 1.807) is 11.3 Å². The summed E-state index contributed by atoms with van der Waals surface area (Å²) in [6.45, 7) is 0. The van der Waals surface area contributed by atoms with Crippen molar-refractivity contribution in [2.45, 2.75) is 25.3 Å². The SMILES string of the molecule is CNC1CCCc2sc(-c3cc(Br)c(Cl)s3)nc21. The van der Waals surface area contributed by atoms with Crippen LogP contribution >= 0.6 is 50.2 Å². The molecule has 2 nitrogen and oxygen atoms in total. The monoisotopic (exact) mass is 362 g/mol. The zero-order valence-corrected chi connectivity index (χ0v) is 13.8. The molecule has 1 aliphatic rings. The summed E-state index contributed by atoms with van der Waals surface area (Å²) in [7, 11) is 2.01. The Kier molecular flexibility index (Phi) is 3.78. The average Bonchev–Trinajstić information content (AvgIpc) is 2.93. The quantitative estimate of drug-likeness (QED) is 0.822. The maximum absolute atomic E-state index is 6.10. The molecule has 0 aliphatic heterocycles. The number of hydrogen-bond donors (Lipinski definition) is 1. The molecule has 3 rings (SSSR count). The molecular formula is C12H12BrClN2S2. The number of nitrogens with zero attached hydrogens (tertiary/aromatic N) is 1. The van der Waals surface area contributed by atoms with Crippen LogP contribution in [-0.4, -0.2) is 12.0 Å². The largest absolute Gasteiger partial charge is 0.312 e. The molecule has 1 unspecified atom stereocenters. The van der Waals surface area contributed by atoms with Gasteiger partial charge in [0.1, 0.15) is 9.34 Å². The summed E-state index contributed by atoms with van der Waals surface area (Å²) < 4.78 is 1.76. The summed E-state index contributed by atoms with van der Waals surface area (Å²) in [5.41, 5.74) is 1.24. The number of halogens is 2. The highest BCUT2D eigenvalue weighted by Crippen LogP contribution is 2.42. The Labute approximate surface area is 128 Å². The normalized spacial score (nSPS) is 18.9. The standard InChI is InChI=1S/C12H12BrClN2S2/c1-15-7-3-2-4-8-10(7)16-12(18-8)9-5-6(13)11(14)17-9/h5,7,15H,2-4H2,1H3. The van der Waals surface area contributed by atoms with E-state index in [9.17, 15) is 0 Å². The van der Waals surface area contributed by atoms with Crippen LogP contribution in [0.25, 0.3) is 9.88 Å². The first-order valence-corrected chi connectivity index (χ1v) is 8.61. The lowest BCUT2D eigenvalue weighted by Crippen LogP contribution is -2.21. The maximum Gasteiger partial charge on any atom is 0.134 e. The number of thiophene rings is 1. The lowest BCUT2D eigenvalue weighted by atomic mass is 9.98. The zero-order chi connectivity index (χ0) is 12.7. The number of thiazole rings is 1. The van der Waals surface area contributed by atoms with E-state index in [-0.39, 0.29) is 0 Å². The minimum atomic E-state index is 0.414. The van der Waals surface area contributed by atoms with Crippen LogP contribution in [0.5, 0.6) is 0 Å². The molecule has 0 spiro atoms. The first kappa shape index (κ1) is 13.1. The van der Waals surface area contributed by atoms with E-state index >= 15 is 0 Å². The van der Waals surface area contributed by atoms with Crippen molar-refractivity contribution in [1.82, 2.24) is 10.3 Å². The van der Waals surface area contributed by atoms with Crippen molar-refractivity contribution in [2.24, 2.45) is 0 Å². The summed E-state index contributed by atoms with van der Waals surface area (Å²) in [6.07, 6.45) is 3.59. The molecule has 1 atom stereocenters. The first-order chi connectivity index (χ1) is 8.69. The van der Waals surface area contributed by atoms with Gasteiger partial charge in [0.25, 0.3) is 0 Å². The Morgan fingerprint density at radius 2 is 2.33 bits per heavy atom. The number of fused-ring (bicyclic) bond motifs is 1. The molecule has 0 aromatic carbocycles. The van der Waals surface area contributed by atoms with Gasteiger partial charge in [0.05, 0.1) is 16.6 Å². The van der Waals surface area contributed by atoms with Crippen LogP contribution in [-0.2, 0) is 6.42 Å². The molecule has 1 aliphatic carbocycles. The van der Waals surface area contributed by atoms with Gasteiger partial charge < -0.3 is 5.32 Å². The zero-order valence-electron chi connectivity index (χ0n) is 9.80. The number of hydrogen-bond acceptors (Lipinski definition) is 4. The highest BCUT2D eigenvalue weighted by atomic mass is 79.9. The van der Waals surface area contributed by atoms with Gasteiger partial charge in [-0.1, -0.05) is 11.6 Å². The Hall–Kier alpha value is 0.0600. The van der Waals surface area contributed by atoms with Gasteiger partial charge in [0.2, 0.25) is 0 Å². The Bertz CT molecular complexity index is 559. The topological polar surface area (TPSA) is 24.9 Å². The van der Waals surface area contributed by atoms with E-state index in [4.69, 9.17) is 16.6 Å². The third-order valence-corrected chi connectivity index (χ3v) is 6.93. The fourth-order valence-corrected chi connectivity index (χ4v) is 5.17. The summed E-state index contributed by atoms with van der Waals surface area (Å²) in [5, 5.41) is 4.45. The second kappa shape index (κ2) is 5.21. The molecule has 1 N–H and O–H groups in total. The van der Waals surface area contributed by atoms with E-state index in [1.807, 2.05) is 18.4 Å². The van der Waals surface area contributed by atoms with Crippen molar-refractivity contribution >= 4 is 50.2 Å². The van der Waals surface area contributed by atoms with E-state index in [1.165, 1.54) is 23.4 Å². The minimum Gasteiger partial charge on any atom is -0.312 e. The predicted molar refractivity (Wildman–Crippen MR) is 82.9 cm³/mol. The van der Waals surface area contributed by atoms with E-state index < -0.39 is 0 Å². The average molecular weight is 364 g/mol. The van der Waals surface area contributed by atoms with E-state index in [2.05, 4.69) is 27.3 Å². The maximum atomic E-state index is 6.10. The van der Waals surface area contributed by atoms with Crippen LogP contribution in [0.4, 0.5) is 0 Å². The fourth-order valence-electron chi connectivity index (χ4n) is 2.26. The molecule has 0 saturated heterocycles. The Morgan fingerprint density at radius 3 is 3.00 bits per heavy atom. The molecular weight excluding hydrogens is 352 g/mol. The van der Waals surface area contributed by atoms with E-state index in [0.717, 1.165) is 25.1 Å². The van der Waals surface area contributed by atoms with Gasteiger partial charge in [-0.3, -0.25) is 0 Å². The van der Waals surface area contributed by atoms with Crippen molar-refractivity contribution in [1.29, 1.82) is 0 Å². The number of rotatable bonds is 2. The van der Waals surface area contributed by atoms with Gasteiger partial charge in [-0.15, -0.1) is 22.7 Å². The van der Waals surface area contributed by atoms with Crippen molar-refractivity contribution in [3.05, 3.63) is 25.4 Å². The lowest BCUT2D eigenvalue weighted by Gasteiger charge is -2.19. The third-order valence-electron chi connectivity index (χ3n) is 3.16. The van der Waals surface area contributed by atoms with Crippen LogP contribution in [0.15, 0.2) is 10.5 Å². The summed E-state index contributed by atoms with van der Waals surface area (Å²) in [4.78, 5) is 7.40. The molecule has 6 heteroatoms.